The number of rotatable bonds is 11. The van der Waals surface area contributed by atoms with Gasteiger partial charge in [-0.1, -0.05) is 19.3 Å². The lowest BCUT2D eigenvalue weighted by atomic mass is 10.0. The second kappa shape index (κ2) is 11.2. The van der Waals surface area contributed by atoms with Crippen molar-refractivity contribution < 1.29 is 27.1 Å². The highest BCUT2D eigenvalue weighted by atomic mass is 35.5. The molecule has 0 saturated carbocycles. The van der Waals surface area contributed by atoms with E-state index in [9.17, 15) is 22.4 Å². The molecule has 1 rings (SSSR count). The quantitative estimate of drug-likeness (QED) is 0.248. The monoisotopic (exact) mass is 399 g/mol. The third kappa shape index (κ3) is 9.74. The molecule has 1 atom stereocenters. The van der Waals surface area contributed by atoms with Gasteiger partial charge in [-0.2, -0.15) is 18.2 Å². The average molecular weight is 400 g/mol. The molecule has 0 amide bonds. The zero-order valence-electron chi connectivity index (χ0n) is 14.4. The number of aromatic nitrogens is 2. The normalized spacial score (nSPS) is 12.7. The third-order valence-corrected chi connectivity index (χ3v) is 3.72. The number of anilines is 1. The molecule has 1 N–H and O–H groups in total. The molecule has 0 aliphatic carbocycles. The fourth-order valence-electron chi connectivity index (χ4n) is 2.36. The zero-order chi connectivity index (χ0) is 19.6. The Morgan fingerprint density at radius 1 is 1.31 bits per heavy atom. The summed E-state index contributed by atoms with van der Waals surface area (Å²) in [6.45, 7) is 1.89. The molecule has 0 bridgehead atoms. The lowest BCUT2D eigenvalue weighted by Gasteiger charge is -2.19. The minimum absolute atomic E-state index is 0.0164. The Hall–Kier alpha value is -1.64. The van der Waals surface area contributed by atoms with Gasteiger partial charge >= 0.3 is 12.1 Å². The van der Waals surface area contributed by atoms with Crippen LogP contribution < -0.4 is 5.32 Å². The molecule has 1 unspecified atom stereocenters. The number of esters is 1. The molecule has 0 radical (unpaired) electrons. The van der Waals surface area contributed by atoms with E-state index in [0.29, 0.717) is 25.7 Å². The summed E-state index contributed by atoms with van der Waals surface area (Å²) in [5.41, 5.74) is 0. The molecule has 1 aromatic rings. The van der Waals surface area contributed by atoms with Crippen LogP contribution in [0.15, 0.2) is 6.20 Å². The van der Waals surface area contributed by atoms with Crippen molar-refractivity contribution in [2.24, 2.45) is 0 Å². The van der Waals surface area contributed by atoms with Crippen LogP contribution in [0, 0.1) is 5.82 Å². The lowest BCUT2D eigenvalue weighted by Crippen LogP contribution is -2.25. The fourth-order valence-corrected chi connectivity index (χ4v) is 2.49. The van der Waals surface area contributed by atoms with Gasteiger partial charge in [-0.05, 0) is 31.4 Å². The Morgan fingerprint density at radius 2 is 2.00 bits per heavy atom. The standard InChI is InChI=1S/C16H22ClF4N3O2/c1-2-26-13(25)9-11(7-5-3-4-6-8-16(19,20)21)23-14-12(18)10-22-15(17)24-14/h10-11H,2-9H2,1H3,(H,22,23,24). The van der Waals surface area contributed by atoms with E-state index in [2.05, 4.69) is 15.3 Å². The number of hydrogen-bond donors (Lipinski definition) is 1. The van der Waals surface area contributed by atoms with E-state index in [1.54, 1.807) is 6.92 Å². The van der Waals surface area contributed by atoms with Gasteiger partial charge in [0.25, 0.3) is 0 Å². The van der Waals surface area contributed by atoms with E-state index in [1.807, 2.05) is 0 Å². The maximum Gasteiger partial charge on any atom is 0.389 e. The first kappa shape index (κ1) is 22.4. The molecule has 10 heteroatoms. The Balaban J connectivity index is 2.53. The number of halogens is 5. The van der Waals surface area contributed by atoms with Gasteiger partial charge in [0, 0.05) is 12.5 Å². The van der Waals surface area contributed by atoms with Crippen LogP contribution in [0.4, 0.5) is 23.4 Å². The van der Waals surface area contributed by atoms with Crippen LogP contribution in [0.1, 0.15) is 51.9 Å². The van der Waals surface area contributed by atoms with E-state index in [4.69, 9.17) is 16.3 Å². The summed E-state index contributed by atoms with van der Waals surface area (Å²) in [6.07, 6.45) is -1.95. The maximum absolute atomic E-state index is 13.7. The van der Waals surface area contributed by atoms with E-state index >= 15 is 0 Å². The zero-order valence-corrected chi connectivity index (χ0v) is 15.2. The van der Waals surface area contributed by atoms with Crippen molar-refractivity contribution in [3.8, 4) is 0 Å². The second-order valence-corrected chi connectivity index (χ2v) is 6.09. The van der Waals surface area contributed by atoms with Gasteiger partial charge in [0.15, 0.2) is 11.6 Å². The van der Waals surface area contributed by atoms with Gasteiger partial charge in [0.2, 0.25) is 5.28 Å². The van der Waals surface area contributed by atoms with Crippen molar-refractivity contribution in [1.82, 2.24) is 9.97 Å². The Kier molecular flexibility index (Phi) is 9.61. The number of nitrogens with zero attached hydrogens (tertiary/aromatic N) is 2. The molecule has 0 fully saturated rings. The van der Waals surface area contributed by atoms with Gasteiger partial charge in [0.05, 0.1) is 19.2 Å². The molecule has 0 spiro atoms. The molecular formula is C16H22ClF4N3O2. The fraction of sp³-hybridized carbons (Fsp3) is 0.688. The highest BCUT2D eigenvalue weighted by Crippen LogP contribution is 2.23. The minimum Gasteiger partial charge on any atom is -0.466 e. The Bertz CT molecular complexity index is 573. The van der Waals surface area contributed by atoms with Crippen LogP contribution >= 0.6 is 11.6 Å². The first-order chi connectivity index (χ1) is 12.2. The molecule has 0 aliphatic rings. The predicted molar refractivity (Wildman–Crippen MR) is 89.4 cm³/mol. The van der Waals surface area contributed by atoms with Crippen LogP contribution in [0.3, 0.4) is 0 Å². The Morgan fingerprint density at radius 3 is 2.65 bits per heavy atom. The van der Waals surface area contributed by atoms with Crippen LogP contribution in [0.25, 0.3) is 0 Å². The number of nitrogens with one attached hydrogen (secondary N) is 1. The smallest absolute Gasteiger partial charge is 0.389 e. The maximum atomic E-state index is 13.7. The largest absolute Gasteiger partial charge is 0.466 e. The van der Waals surface area contributed by atoms with Crippen LogP contribution in [0.2, 0.25) is 5.28 Å². The summed E-state index contributed by atoms with van der Waals surface area (Å²) in [5.74, 6) is -1.30. The number of alkyl halides is 3. The van der Waals surface area contributed by atoms with Crippen LogP contribution in [0.5, 0.6) is 0 Å². The average Bonchev–Trinajstić information content (AvgIpc) is 2.53. The van der Waals surface area contributed by atoms with Crippen molar-refractivity contribution in [2.45, 2.75) is 64.1 Å². The number of carbonyl (C=O) groups is 1. The van der Waals surface area contributed by atoms with Crippen molar-refractivity contribution >= 4 is 23.4 Å². The van der Waals surface area contributed by atoms with Crippen molar-refractivity contribution in [3.05, 3.63) is 17.3 Å². The number of ether oxygens (including phenoxy) is 1. The van der Waals surface area contributed by atoms with Crippen LogP contribution in [-0.4, -0.2) is 34.8 Å². The lowest BCUT2D eigenvalue weighted by molar-refractivity contribution is -0.143. The third-order valence-electron chi connectivity index (χ3n) is 3.54. The van der Waals surface area contributed by atoms with Crippen LogP contribution in [-0.2, 0) is 9.53 Å². The summed E-state index contributed by atoms with van der Waals surface area (Å²) >= 11 is 5.64. The molecule has 5 nitrogen and oxygen atoms in total. The highest BCUT2D eigenvalue weighted by Gasteiger charge is 2.25. The van der Waals surface area contributed by atoms with Crippen molar-refractivity contribution in [1.29, 1.82) is 0 Å². The van der Waals surface area contributed by atoms with Gasteiger partial charge in [-0.15, -0.1) is 0 Å². The summed E-state index contributed by atoms with van der Waals surface area (Å²) in [6, 6.07) is -0.475. The topological polar surface area (TPSA) is 64.1 Å². The molecule has 1 aromatic heterocycles. The molecule has 148 valence electrons. The molecule has 26 heavy (non-hydrogen) atoms. The second-order valence-electron chi connectivity index (χ2n) is 5.75. The Labute approximate surface area is 154 Å². The summed E-state index contributed by atoms with van der Waals surface area (Å²) in [5, 5.41) is 2.66. The molecule has 1 heterocycles. The highest BCUT2D eigenvalue weighted by molar-refractivity contribution is 6.28. The van der Waals surface area contributed by atoms with E-state index in [0.717, 1.165) is 6.20 Å². The first-order valence-corrected chi connectivity index (χ1v) is 8.76. The molecule has 0 aromatic carbocycles. The summed E-state index contributed by atoms with van der Waals surface area (Å²) < 4.78 is 54.9. The predicted octanol–water partition coefficient (Wildman–Crippen LogP) is 4.91. The summed E-state index contributed by atoms with van der Waals surface area (Å²) in [4.78, 5) is 19.0. The number of unbranched alkanes of at least 4 members (excludes halogenated alkanes) is 3. The molecule has 0 aliphatic heterocycles. The minimum atomic E-state index is -4.14. The van der Waals surface area contributed by atoms with E-state index < -0.39 is 30.4 Å². The van der Waals surface area contributed by atoms with E-state index in [1.165, 1.54) is 0 Å². The van der Waals surface area contributed by atoms with Crippen molar-refractivity contribution in [2.75, 3.05) is 11.9 Å². The van der Waals surface area contributed by atoms with Gasteiger partial charge in [-0.3, -0.25) is 4.79 Å². The SMILES string of the molecule is CCOC(=O)CC(CCCCCCC(F)(F)F)Nc1nc(Cl)ncc1F. The first-order valence-electron chi connectivity index (χ1n) is 8.38. The summed E-state index contributed by atoms with van der Waals surface area (Å²) in [7, 11) is 0. The van der Waals surface area contributed by atoms with Gasteiger partial charge in [0.1, 0.15) is 0 Å². The molecular weight excluding hydrogens is 378 g/mol. The van der Waals surface area contributed by atoms with Crippen molar-refractivity contribution in [3.63, 3.8) is 0 Å². The number of carbonyl (C=O) groups excluding carboxylic acids is 1. The number of hydrogen-bond acceptors (Lipinski definition) is 5. The van der Waals surface area contributed by atoms with Gasteiger partial charge in [-0.25, -0.2) is 9.37 Å². The van der Waals surface area contributed by atoms with Gasteiger partial charge < -0.3 is 10.1 Å². The van der Waals surface area contributed by atoms with E-state index in [-0.39, 0.29) is 30.5 Å². The molecule has 0 saturated heterocycles.